The van der Waals surface area contributed by atoms with Crippen LogP contribution in [0.25, 0.3) is 0 Å². The summed E-state index contributed by atoms with van der Waals surface area (Å²) in [6.07, 6.45) is 5.32. The molecule has 5 nitrogen and oxygen atoms in total. The predicted octanol–water partition coefficient (Wildman–Crippen LogP) is 5.02. The van der Waals surface area contributed by atoms with Crippen LogP contribution in [0.3, 0.4) is 0 Å². The Bertz CT molecular complexity index is 1040. The quantitative estimate of drug-likeness (QED) is 0.671. The van der Waals surface area contributed by atoms with Crippen LogP contribution in [0.4, 0.5) is 22.7 Å². The molecular weight excluding hydrogens is 372 g/mol. The molecule has 0 aliphatic carbocycles. The number of carbonyl (C=O) groups is 1. The van der Waals surface area contributed by atoms with Crippen molar-refractivity contribution in [3.63, 3.8) is 0 Å². The van der Waals surface area contributed by atoms with Gasteiger partial charge >= 0.3 is 0 Å². The molecule has 1 unspecified atom stereocenters. The lowest BCUT2D eigenvalue weighted by Crippen LogP contribution is -2.24. The molecule has 5 rings (SSSR count). The summed E-state index contributed by atoms with van der Waals surface area (Å²) in [5.41, 5.74) is 6.01. The largest absolute Gasteiger partial charge is 0.372 e. The summed E-state index contributed by atoms with van der Waals surface area (Å²) < 4.78 is 0. The van der Waals surface area contributed by atoms with Crippen LogP contribution in [-0.2, 0) is 6.42 Å². The summed E-state index contributed by atoms with van der Waals surface area (Å²) in [6, 6.07) is 20.7. The van der Waals surface area contributed by atoms with Crippen LogP contribution in [0, 0.1) is 0 Å². The van der Waals surface area contributed by atoms with Crippen LogP contribution < -0.4 is 15.1 Å². The molecule has 152 valence electrons. The van der Waals surface area contributed by atoms with Crippen molar-refractivity contribution in [3.05, 3.63) is 78.1 Å². The summed E-state index contributed by atoms with van der Waals surface area (Å²) in [5, 5.41) is 2.96. The van der Waals surface area contributed by atoms with Gasteiger partial charge in [-0.3, -0.25) is 4.79 Å². The summed E-state index contributed by atoms with van der Waals surface area (Å²) >= 11 is 0. The van der Waals surface area contributed by atoms with E-state index in [-0.39, 0.29) is 5.91 Å². The topological polar surface area (TPSA) is 48.5 Å². The first kappa shape index (κ1) is 18.7. The molecule has 1 atom stereocenters. The zero-order valence-electron chi connectivity index (χ0n) is 17.2. The van der Waals surface area contributed by atoms with Gasteiger partial charge in [0.2, 0.25) is 0 Å². The summed E-state index contributed by atoms with van der Waals surface area (Å²) in [5.74, 6) is -0.189. The molecule has 0 saturated carbocycles. The fourth-order valence-corrected chi connectivity index (χ4v) is 4.55. The molecule has 5 heteroatoms. The minimum absolute atomic E-state index is 0.189. The Morgan fingerprint density at radius 2 is 1.70 bits per heavy atom. The highest BCUT2D eigenvalue weighted by molar-refractivity contribution is 6.03. The van der Waals surface area contributed by atoms with Gasteiger partial charge < -0.3 is 15.1 Å². The maximum Gasteiger partial charge on any atom is 0.274 e. The first-order chi connectivity index (χ1) is 14.7. The Labute approximate surface area is 177 Å². The maximum absolute atomic E-state index is 12.7. The number of amides is 1. The Morgan fingerprint density at radius 1 is 0.967 bits per heavy atom. The zero-order chi connectivity index (χ0) is 20.5. The van der Waals surface area contributed by atoms with E-state index in [1.54, 1.807) is 12.3 Å². The molecule has 1 aromatic heterocycles. The molecular formula is C25H26N4O. The van der Waals surface area contributed by atoms with Crippen LogP contribution >= 0.6 is 0 Å². The molecule has 2 aliphatic heterocycles. The van der Waals surface area contributed by atoms with Crippen LogP contribution in [0.15, 0.2) is 66.9 Å². The summed E-state index contributed by atoms with van der Waals surface area (Å²) in [4.78, 5) is 21.8. The molecule has 0 spiro atoms. The van der Waals surface area contributed by atoms with E-state index in [1.807, 2.05) is 18.2 Å². The highest BCUT2D eigenvalue weighted by Gasteiger charge is 2.27. The number of aromatic nitrogens is 1. The number of hydrogen-bond acceptors (Lipinski definition) is 4. The first-order valence-electron chi connectivity index (χ1n) is 10.7. The van der Waals surface area contributed by atoms with E-state index in [4.69, 9.17) is 0 Å². The standard InChI is InChI=1S/C25H26N4O/c1-18-16-19-6-2-3-7-24(19)29(18)22-12-13-23(26-17-22)25(30)27-20-8-10-21(11-9-20)28-14-4-5-15-28/h2-3,6-13,17-18H,4-5,14-16H2,1H3,(H,27,30). The van der Waals surface area contributed by atoms with Crippen LogP contribution in [-0.4, -0.2) is 30.0 Å². The van der Waals surface area contributed by atoms with Crippen molar-refractivity contribution < 1.29 is 4.79 Å². The third-order valence-corrected chi connectivity index (χ3v) is 6.06. The Balaban J connectivity index is 1.28. The lowest BCUT2D eigenvalue weighted by atomic mass is 10.1. The third-order valence-electron chi connectivity index (χ3n) is 6.06. The normalized spacial score (nSPS) is 17.8. The fraction of sp³-hybridized carbons (Fsp3) is 0.280. The van der Waals surface area contributed by atoms with E-state index in [2.05, 4.69) is 63.4 Å². The molecule has 1 fully saturated rings. The number of nitrogens with zero attached hydrogens (tertiary/aromatic N) is 3. The summed E-state index contributed by atoms with van der Waals surface area (Å²) in [7, 11) is 0. The molecule has 0 radical (unpaired) electrons. The van der Waals surface area contributed by atoms with Crippen molar-refractivity contribution in [2.24, 2.45) is 0 Å². The van der Waals surface area contributed by atoms with Gasteiger partial charge in [0.1, 0.15) is 5.69 Å². The van der Waals surface area contributed by atoms with Gasteiger partial charge in [-0.05, 0) is 74.2 Å². The second-order valence-electron chi connectivity index (χ2n) is 8.15. The Kier molecular flexibility index (Phi) is 4.87. The Hall–Kier alpha value is -3.34. The molecule has 30 heavy (non-hydrogen) atoms. The van der Waals surface area contributed by atoms with Gasteiger partial charge in [0.15, 0.2) is 0 Å². The van der Waals surface area contributed by atoms with Crippen molar-refractivity contribution in [1.29, 1.82) is 0 Å². The van der Waals surface area contributed by atoms with Gasteiger partial charge in [-0.15, -0.1) is 0 Å². The van der Waals surface area contributed by atoms with E-state index in [1.165, 1.54) is 29.8 Å². The number of hydrogen-bond donors (Lipinski definition) is 1. The monoisotopic (exact) mass is 398 g/mol. The minimum atomic E-state index is -0.189. The number of carbonyl (C=O) groups excluding carboxylic acids is 1. The predicted molar refractivity (Wildman–Crippen MR) is 122 cm³/mol. The number of benzene rings is 2. The van der Waals surface area contributed by atoms with Crippen LogP contribution in [0.5, 0.6) is 0 Å². The van der Waals surface area contributed by atoms with E-state index < -0.39 is 0 Å². The van der Waals surface area contributed by atoms with Gasteiger partial charge in [0, 0.05) is 36.2 Å². The average molecular weight is 399 g/mol. The number of anilines is 4. The second-order valence-corrected chi connectivity index (χ2v) is 8.15. The maximum atomic E-state index is 12.7. The van der Waals surface area contributed by atoms with E-state index in [0.717, 1.165) is 30.9 Å². The number of rotatable bonds is 4. The van der Waals surface area contributed by atoms with Crippen molar-refractivity contribution in [2.75, 3.05) is 28.2 Å². The summed E-state index contributed by atoms with van der Waals surface area (Å²) in [6.45, 7) is 4.44. The van der Waals surface area contributed by atoms with E-state index >= 15 is 0 Å². The van der Waals surface area contributed by atoms with Gasteiger partial charge in [0.25, 0.3) is 5.91 Å². The minimum Gasteiger partial charge on any atom is -0.372 e. The van der Waals surface area contributed by atoms with Crippen LogP contribution in [0.1, 0.15) is 35.8 Å². The third kappa shape index (κ3) is 3.52. The van der Waals surface area contributed by atoms with E-state index in [0.29, 0.717) is 11.7 Å². The zero-order valence-corrected chi connectivity index (χ0v) is 17.2. The van der Waals surface area contributed by atoms with Gasteiger partial charge in [-0.2, -0.15) is 0 Å². The molecule has 2 aromatic carbocycles. The average Bonchev–Trinajstić information content (AvgIpc) is 3.42. The molecule has 1 N–H and O–H groups in total. The molecule has 1 amide bonds. The number of nitrogens with one attached hydrogen (secondary N) is 1. The number of fused-ring (bicyclic) bond motifs is 1. The van der Waals surface area contributed by atoms with Crippen LogP contribution in [0.2, 0.25) is 0 Å². The van der Waals surface area contributed by atoms with Gasteiger partial charge in [0.05, 0.1) is 11.9 Å². The van der Waals surface area contributed by atoms with Gasteiger partial charge in [-0.1, -0.05) is 18.2 Å². The van der Waals surface area contributed by atoms with Crippen molar-refractivity contribution in [2.45, 2.75) is 32.2 Å². The molecule has 2 aliphatic rings. The highest BCUT2D eigenvalue weighted by atomic mass is 16.1. The lowest BCUT2D eigenvalue weighted by molar-refractivity contribution is 0.102. The molecule has 3 heterocycles. The lowest BCUT2D eigenvalue weighted by Gasteiger charge is -2.24. The number of para-hydroxylation sites is 1. The highest BCUT2D eigenvalue weighted by Crippen LogP contribution is 2.37. The van der Waals surface area contributed by atoms with Crippen molar-refractivity contribution in [1.82, 2.24) is 4.98 Å². The smallest absolute Gasteiger partial charge is 0.274 e. The molecule has 3 aromatic rings. The first-order valence-corrected chi connectivity index (χ1v) is 10.7. The molecule has 1 saturated heterocycles. The SMILES string of the molecule is CC1Cc2ccccc2N1c1ccc(C(=O)Nc2ccc(N3CCCC3)cc2)nc1. The van der Waals surface area contributed by atoms with Crippen molar-refractivity contribution in [3.8, 4) is 0 Å². The van der Waals surface area contributed by atoms with Gasteiger partial charge in [-0.25, -0.2) is 4.98 Å². The fourth-order valence-electron chi connectivity index (χ4n) is 4.55. The molecule has 0 bridgehead atoms. The number of pyridine rings is 1. The second kappa shape index (κ2) is 7.82. The Morgan fingerprint density at radius 3 is 2.43 bits per heavy atom. The van der Waals surface area contributed by atoms with Crippen molar-refractivity contribution >= 4 is 28.7 Å². The van der Waals surface area contributed by atoms with E-state index in [9.17, 15) is 4.79 Å².